The summed E-state index contributed by atoms with van der Waals surface area (Å²) in [5, 5.41) is 13.8. The molecule has 3 unspecified atom stereocenters. The standard InChI is InChI=1S/C60H97N2O6P/c1-6-8-10-12-14-16-18-19-20-21-22-23-24-25-26-27-28-29-30-31-32-33-34-35-36-37-38-39-40-41-42-43-44-46-48-50-52-54-60(64)61-58(57-68-69(65,66)67-56-55-62(3,4)5)59(63)53-51-49-47-45-17-15-13-11-9-7-2/h8-11,14,16-17,19-20,22-23,25-26,28-29,31-32,34-35,37-38,40-41,45,51,53,58-59,63H,6-7,12-13,15,18,21,24,27,30,33,36,39,42-44,46-50,52,54-57H2,1-5H3,(H-,61,64,65,66)/p+1/b10-8-,11-9+,16-14-,20-19-,23-22-,26-25-,29-28-,32-31-,35-34-,38-37-,41-40-,45-17+,53-51+. The average molecular weight is 974 g/mol. The lowest BCUT2D eigenvalue weighted by Gasteiger charge is -2.25. The number of aliphatic hydroxyl groups excluding tert-OH is 1. The first-order valence-corrected chi connectivity index (χ1v) is 27.9. The number of allylic oxidation sites excluding steroid dienone is 25. The smallest absolute Gasteiger partial charge is 0.387 e. The van der Waals surface area contributed by atoms with Crippen LogP contribution in [0.1, 0.15) is 162 Å². The topological polar surface area (TPSA) is 105 Å². The highest BCUT2D eigenvalue weighted by molar-refractivity contribution is 7.47. The molecule has 0 fully saturated rings. The van der Waals surface area contributed by atoms with Gasteiger partial charge in [0.15, 0.2) is 0 Å². The lowest BCUT2D eigenvalue weighted by atomic mass is 10.1. The largest absolute Gasteiger partial charge is 0.472 e. The molecular weight excluding hydrogens is 876 g/mol. The van der Waals surface area contributed by atoms with Crippen LogP contribution in [0.25, 0.3) is 0 Å². The number of likely N-dealkylation sites (N-methyl/N-ethyl adjacent to an activating group) is 1. The second-order valence-corrected chi connectivity index (χ2v) is 19.6. The molecule has 0 spiro atoms. The van der Waals surface area contributed by atoms with Gasteiger partial charge in [-0.05, 0) is 116 Å². The average Bonchev–Trinajstić information content (AvgIpc) is 3.31. The zero-order valence-electron chi connectivity index (χ0n) is 44.0. The number of amides is 1. The number of quaternary nitrogens is 1. The van der Waals surface area contributed by atoms with Gasteiger partial charge in [-0.25, -0.2) is 4.57 Å². The quantitative estimate of drug-likeness (QED) is 0.0243. The van der Waals surface area contributed by atoms with Gasteiger partial charge in [0.05, 0.1) is 39.9 Å². The summed E-state index contributed by atoms with van der Waals surface area (Å²) in [5.41, 5.74) is 0. The van der Waals surface area contributed by atoms with Gasteiger partial charge in [-0.1, -0.05) is 198 Å². The summed E-state index contributed by atoms with van der Waals surface area (Å²) in [5.74, 6) is -0.217. The van der Waals surface area contributed by atoms with E-state index in [1.54, 1.807) is 6.08 Å². The molecule has 3 atom stereocenters. The molecule has 8 nitrogen and oxygen atoms in total. The van der Waals surface area contributed by atoms with Crippen LogP contribution < -0.4 is 5.32 Å². The van der Waals surface area contributed by atoms with E-state index in [2.05, 4.69) is 165 Å². The van der Waals surface area contributed by atoms with Crippen molar-refractivity contribution < 1.29 is 32.9 Å². The molecule has 9 heteroatoms. The highest BCUT2D eigenvalue weighted by Gasteiger charge is 2.27. The zero-order chi connectivity index (χ0) is 50.6. The number of nitrogens with one attached hydrogen (secondary N) is 1. The number of carbonyl (C=O) groups excluding carboxylic acids is 1. The van der Waals surface area contributed by atoms with E-state index in [4.69, 9.17) is 9.05 Å². The van der Waals surface area contributed by atoms with Gasteiger partial charge in [-0.15, -0.1) is 0 Å². The van der Waals surface area contributed by atoms with Crippen LogP contribution in [-0.4, -0.2) is 73.4 Å². The van der Waals surface area contributed by atoms with Crippen molar-refractivity contribution in [2.75, 3.05) is 40.9 Å². The molecule has 0 aromatic carbocycles. The van der Waals surface area contributed by atoms with Gasteiger partial charge < -0.3 is 19.8 Å². The molecule has 69 heavy (non-hydrogen) atoms. The van der Waals surface area contributed by atoms with Gasteiger partial charge in [0.25, 0.3) is 0 Å². The van der Waals surface area contributed by atoms with Crippen LogP contribution >= 0.6 is 7.82 Å². The number of hydrogen-bond donors (Lipinski definition) is 3. The van der Waals surface area contributed by atoms with Gasteiger partial charge in [0.2, 0.25) is 5.91 Å². The van der Waals surface area contributed by atoms with E-state index < -0.39 is 20.0 Å². The number of unbranched alkanes of at least 4 members (excludes halogenated alkanes) is 8. The van der Waals surface area contributed by atoms with Gasteiger partial charge in [0.1, 0.15) is 13.2 Å². The van der Waals surface area contributed by atoms with Crippen molar-refractivity contribution in [2.45, 2.75) is 174 Å². The Morgan fingerprint density at radius 2 is 0.841 bits per heavy atom. The molecule has 0 radical (unpaired) electrons. The van der Waals surface area contributed by atoms with E-state index >= 15 is 0 Å². The molecule has 0 aliphatic heterocycles. The highest BCUT2D eigenvalue weighted by Crippen LogP contribution is 2.43. The second kappa shape index (κ2) is 49.1. The normalized spacial score (nSPS) is 15.3. The lowest BCUT2D eigenvalue weighted by Crippen LogP contribution is -2.45. The van der Waals surface area contributed by atoms with Crippen molar-refractivity contribution in [3.63, 3.8) is 0 Å². The predicted molar refractivity (Wildman–Crippen MR) is 299 cm³/mol. The van der Waals surface area contributed by atoms with Crippen molar-refractivity contribution in [1.29, 1.82) is 0 Å². The third-order valence-corrected chi connectivity index (χ3v) is 11.5. The first-order chi connectivity index (χ1) is 33.5. The van der Waals surface area contributed by atoms with E-state index in [0.717, 1.165) is 141 Å². The Morgan fingerprint density at radius 3 is 1.28 bits per heavy atom. The van der Waals surface area contributed by atoms with Crippen LogP contribution in [0.4, 0.5) is 0 Å². The van der Waals surface area contributed by atoms with Gasteiger partial charge in [0, 0.05) is 6.42 Å². The van der Waals surface area contributed by atoms with Gasteiger partial charge in [-0.2, -0.15) is 0 Å². The molecule has 0 bridgehead atoms. The predicted octanol–water partition coefficient (Wildman–Crippen LogP) is 15.9. The molecule has 0 saturated heterocycles. The summed E-state index contributed by atoms with van der Waals surface area (Å²) in [6, 6.07) is -0.888. The van der Waals surface area contributed by atoms with Crippen LogP contribution in [0.15, 0.2) is 158 Å². The first-order valence-electron chi connectivity index (χ1n) is 26.4. The van der Waals surface area contributed by atoms with Crippen molar-refractivity contribution in [1.82, 2.24) is 5.32 Å². The molecule has 0 aromatic heterocycles. The van der Waals surface area contributed by atoms with E-state index in [0.29, 0.717) is 17.4 Å². The van der Waals surface area contributed by atoms with E-state index in [1.807, 2.05) is 27.2 Å². The third-order valence-electron chi connectivity index (χ3n) is 10.5. The van der Waals surface area contributed by atoms with Gasteiger partial charge >= 0.3 is 7.82 Å². The minimum atomic E-state index is -4.36. The fourth-order valence-corrected chi connectivity index (χ4v) is 7.14. The molecule has 0 aliphatic rings. The van der Waals surface area contributed by atoms with Crippen molar-refractivity contribution in [2.24, 2.45) is 0 Å². The molecule has 3 N–H and O–H groups in total. The number of phosphoric ester groups is 1. The molecule has 1 amide bonds. The molecular formula is C60H98N2O6P+. The Hall–Kier alpha value is -3.88. The lowest BCUT2D eigenvalue weighted by molar-refractivity contribution is -0.870. The number of rotatable bonds is 45. The third kappa shape index (κ3) is 51.8. The highest BCUT2D eigenvalue weighted by atomic mass is 31.2. The number of aliphatic hydroxyl groups is 1. The van der Waals surface area contributed by atoms with Crippen LogP contribution in [0, 0.1) is 0 Å². The fraction of sp³-hybridized carbons (Fsp3) is 0.550. The van der Waals surface area contributed by atoms with Crippen LogP contribution in [0.3, 0.4) is 0 Å². The Kier molecular flexibility index (Phi) is 46.4. The van der Waals surface area contributed by atoms with Crippen LogP contribution in [0.2, 0.25) is 0 Å². The maximum Gasteiger partial charge on any atom is 0.472 e. The van der Waals surface area contributed by atoms with E-state index in [9.17, 15) is 19.4 Å². The number of carbonyl (C=O) groups is 1. The minimum absolute atomic E-state index is 0.0410. The molecule has 0 aliphatic carbocycles. The van der Waals surface area contributed by atoms with E-state index in [1.165, 1.54) is 0 Å². The molecule has 0 rings (SSSR count). The summed E-state index contributed by atoms with van der Waals surface area (Å²) in [4.78, 5) is 23.1. The number of hydrogen-bond acceptors (Lipinski definition) is 5. The van der Waals surface area contributed by atoms with Gasteiger partial charge in [-0.3, -0.25) is 13.8 Å². The summed E-state index contributed by atoms with van der Waals surface area (Å²) in [6.07, 6.45) is 77.9. The monoisotopic (exact) mass is 974 g/mol. The molecule has 388 valence electrons. The summed E-state index contributed by atoms with van der Waals surface area (Å²) < 4.78 is 23.5. The maximum atomic E-state index is 12.9. The fourth-order valence-electron chi connectivity index (χ4n) is 6.40. The Bertz CT molecular complexity index is 1670. The van der Waals surface area contributed by atoms with E-state index in [-0.39, 0.29) is 19.1 Å². The number of nitrogens with zero attached hydrogens (tertiary/aromatic N) is 1. The Labute approximate surface area is 422 Å². The SMILES string of the molecule is CC/C=C\C/C=C\C/C=C\C/C=C\C/C=C\C/C=C\C/C=C\C/C=C\C/C=C\C/C=C\CCCCCCCCC(=O)NC(COP(=O)(O)OCC[N+](C)(C)C)C(O)/C=C/CC/C=C/CC/C=C/CC. The van der Waals surface area contributed by atoms with Crippen LogP contribution in [0.5, 0.6) is 0 Å². The molecule has 0 aromatic rings. The van der Waals surface area contributed by atoms with Crippen molar-refractivity contribution >= 4 is 13.7 Å². The Morgan fingerprint density at radius 1 is 0.493 bits per heavy atom. The summed E-state index contributed by atoms with van der Waals surface area (Å²) in [7, 11) is 1.50. The van der Waals surface area contributed by atoms with Crippen LogP contribution in [-0.2, 0) is 18.4 Å². The second-order valence-electron chi connectivity index (χ2n) is 18.1. The first kappa shape index (κ1) is 65.1. The zero-order valence-corrected chi connectivity index (χ0v) is 44.9. The summed E-state index contributed by atoms with van der Waals surface area (Å²) >= 11 is 0. The van der Waals surface area contributed by atoms with Crippen molar-refractivity contribution in [3.05, 3.63) is 158 Å². The molecule has 0 heterocycles. The summed E-state index contributed by atoms with van der Waals surface area (Å²) in [6.45, 7) is 4.49. The Balaban J connectivity index is 4.19. The number of phosphoric acid groups is 1. The maximum absolute atomic E-state index is 12.9. The molecule has 0 saturated carbocycles. The van der Waals surface area contributed by atoms with Crippen molar-refractivity contribution in [3.8, 4) is 0 Å². The minimum Gasteiger partial charge on any atom is -0.387 e.